The van der Waals surface area contributed by atoms with Crippen molar-refractivity contribution >= 4 is 21.4 Å². The number of pyridine rings is 1. The van der Waals surface area contributed by atoms with Crippen molar-refractivity contribution in [3.8, 4) is 0 Å². The molecule has 0 saturated carbocycles. The fourth-order valence-corrected chi connectivity index (χ4v) is 1.91. The second kappa shape index (κ2) is 2.60. The molecule has 0 spiro atoms. The first kappa shape index (κ1) is 6.76. The summed E-state index contributed by atoms with van der Waals surface area (Å²) in [7, 11) is 0. The van der Waals surface area contributed by atoms with Gasteiger partial charge in [0.25, 0.3) is 0 Å². The Labute approximate surface area is 68.1 Å². The van der Waals surface area contributed by atoms with Crippen LogP contribution in [0.4, 0.5) is 0 Å². The molecule has 2 nitrogen and oxygen atoms in total. The van der Waals surface area contributed by atoms with Gasteiger partial charge in [-0.15, -0.1) is 11.3 Å². The van der Waals surface area contributed by atoms with Crippen LogP contribution < -0.4 is 0 Å². The van der Waals surface area contributed by atoms with Crippen LogP contribution in [-0.2, 0) is 6.61 Å². The maximum Gasteiger partial charge on any atom is 0.0774 e. The minimum absolute atomic E-state index is 0.124. The zero-order valence-electron chi connectivity index (χ0n) is 5.82. The average Bonchev–Trinajstić information content (AvgIpc) is 2.46. The van der Waals surface area contributed by atoms with Gasteiger partial charge in [-0.25, -0.2) is 0 Å². The van der Waals surface area contributed by atoms with Crippen LogP contribution in [0.15, 0.2) is 24.5 Å². The number of fused-ring (bicyclic) bond motifs is 1. The monoisotopic (exact) mass is 165 g/mol. The first-order chi connectivity index (χ1) is 5.40. The van der Waals surface area contributed by atoms with Crippen molar-refractivity contribution in [1.29, 1.82) is 0 Å². The maximum absolute atomic E-state index is 8.83. The molecule has 0 atom stereocenters. The number of thiophene rings is 1. The Balaban J connectivity index is 2.69. The Hall–Kier alpha value is -0.930. The quantitative estimate of drug-likeness (QED) is 0.698. The predicted octanol–water partition coefficient (Wildman–Crippen LogP) is 1.79. The third-order valence-electron chi connectivity index (χ3n) is 1.52. The van der Waals surface area contributed by atoms with Crippen LogP contribution in [0.5, 0.6) is 0 Å². The van der Waals surface area contributed by atoms with E-state index < -0.39 is 0 Å². The fourth-order valence-electron chi connectivity index (χ4n) is 1.02. The molecule has 0 bridgehead atoms. The van der Waals surface area contributed by atoms with Crippen molar-refractivity contribution in [3.05, 3.63) is 29.4 Å². The lowest BCUT2D eigenvalue weighted by Crippen LogP contribution is -1.70. The molecule has 2 aromatic rings. The second-order valence-electron chi connectivity index (χ2n) is 2.28. The van der Waals surface area contributed by atoms with Gasteiger partial charge < -0.3 is 5.11 Å². The number of rotatable bonds is 1. The van der Waals surface area contributed by atoms with Gasteiger partial charge in [0.2, 0.25) is 0 Å². The lowest BCUT2D eigenvalue weighted by atomic mass is 10.3. The molecular weight excluding hydrogens is 158 g/mol. The molecule has 0 aromatic carbocycles. The van der Waals surface area contributed by atoms with Crippen molar-refractivity contribution < 1.29 is 5.11 Å². The van der Waals surface area contributed by atoms with Crippen LogP contribution in [0.2, 0.25) is 0 Å². The topological polar surface area (TPSA) is 33.1 Å². The van der Waals surface area contributed by atoms with Gasteiger partial charge in [0.15, 0.2) is 0 Å². The first-order valence-corrected chi connectivity index (χ1v) is 4.15. The van der Waals surface area contributed by atoms with Crippen molar-refractivity contribution in [1.82, 2.24) is 4.98 Å². The molecule has 0 aliphatic carbocycles. The molecule has 3 heteroatoms. The van der Waals surface area contributed by atoms with E-state index in [4.69, 9.17) is 5.11 Å². The standard InChI is InChI=1S/C8H7NOS/c10-5-7-3-6-4-9-2-1-8(6)11-7/h1-4,10H,5H2. The van der Waals surface area contributed by atoms with Gasteiger partial charge >= 0.3 is 0 Å². The van der Waals surface area contributed by atoms with Crippen LogP contribution >= 0.6 is 11.3 Å². The number of aliphatic hydroxyl groups is 1. The highest BCUT2D eigenvalue weighted by Gasteiger charge is 1.98. The smallest absolute Gasteiger partial charge is 0.0774 e. The SMILES string of the molecule is OCc1cc2cnccc2s1. The lowest BCUT2D eigenvalue weighted by Gasteiger charge is -1.81. The van der Waals surface area contributed by atoms with Crippen molar-refractivity contribution in [2.24, 2.45) is 0 Å². The van der Waals surface area contributed by atoms with Gasteiger partial charge in [-0.1, -0.05) is 0 Å². The minimum Gasteiger partial charge on any atom is -0.391 e. The third kappa shape index (κ3) is 1.13. The van der Waals surface area contributed by atoms with Crippen LogP contribution in [0.1, 0.15) is 4.88 Å². The molecule has 0 unspecified atom stereocenters. The molecule has 0 aliphatic rings. The predicted molar refractivity (Wildman–Crippen MR) is 45.5 cm³/mol. The highest BCUT2D eigenvalue weighted by Crippen LogP contribution is 2.23. The summed E-state index contributed by atoms with van der Waals surface area (Å²) in [5.41, 5.74) is 0. The van der Waals surface area contributed by atoms with E-state index in [0.717, 1.165) is 10.3 Å². The maximum atomic E-state index is 8.83. The van der Waals surface area contributed by atoms with Gasteiger partial charge in [-0.05, 0) is 12.1 Å². The molecule has 56 valence electrons. The van der Waals surface area contributed by atoms with Gasteiger partial charge in [-0.3, -0.25) is 4.98 Å². The van der Waals surface area contributed by atoms with Crippen LogP contribution in [0, 0.1) is 0 Å². The van der Waals surface area contributed by atoms with E-state index in [1.807, 2.05) is 18.3 Å². The summed E-state index contributed by atoms with van der Waals surface area (Å²) in [6.45, 7) is 0.124. The molecule has 1 N–H and O–H groups in total. The zero-order chi connectivity index (χ0) is 7.68. The fraction of sp³-hybridized carbons (Fsp3) is 0.125. The van der Waals surface area contributed by atoms with E-state index in [-0.39, 0.29) is 6.61 Å². The average molecular weight is 165 g/mol. The number of aliphatic hydroxyl groups excluding tert-OH is 1. The summed E-state index contributed by atoms with van der Waals surface area (Å²) in [4.78, 5) is 4.98. The lowest BCUT2D eigenvalue weighted by molar-refractivity contribution is 0.285. The van der Waals surface area contributed by atoms with E-state index in [2.05, 4.69) is 4.98 Å². The van der Waals surface area contributed by atoms with E-state index >= 15 is 0 Å². The number of aromatic nitrogens is 1. The van der Waals surface area contributed by atoms with E-state index in [1.54, 1.807) is 17.5 Å². The van der Waals surface area contributed by atoms with Gasteiger partial charge in [0, 0.05) is 27.4 Å². The van der Waals surface area contributed by atoms with Gasteiger partial charge in [0.1, 0.15) is 0 Å². The van der Waals surface area contributed by atoms with Gasteiger partial charge in [-0.2, -0.15) is 0 Å². The molecule has 0 radical (unpaired) electrons. The molecule has 2 heterocycles. The number of hydrogen-bond donors (Lipinski definition) is 1. The normalized spacial score (nSPS) is 10.6. The second-order valence-corrected chi connectivity index (χ2v) is 3.45. The Morgan fingerprint density at radius 1 is 1.55 bits per heavy atom. The molecule has 0 fully saturated rings. The highest BCUT2D eigenvalue weighted by molar-refractivity contribution is 7.19. The molecule has 11 heavy (non-hydrogen) atoms. The van der Waals surface area contributed by atoms with Crippen LogP contribution in [0.25, 0.3) is 10.1 Å². The zero-order valence-corrected chi connectivity index (χ0v) is 6.64. The third-order valence-corrected chi connectivity index (χ3v) is 2.62. The number of hydrogen-bond acceptors (Lipinski definition) is 3. The van der Waals surface area contributed by atoms with E-state index in [0.29, 0.717) is 0 Å². The summed E-state index contributed by atoms with van der Waals surface area (Å²) >= 11 is 1.61. The summed E-state index contributed by atoms with van der Waals surface area (Å²) < 4.78 is 1.18. The molecule has 0 amide bonds. The summed E-state index contributed by atoms with van der Waals surface area (Å²) in [5, 5.41) is 9.94. The summed E-state index contributed by atoms with van der Waals surface area (Å²) in [6, 6.07) is 3.92. The largest absolute Gasteiger partial charge is 0.391 e. The van der Waals surface area contributed by atoms with Crippen molar-refractivity contribution in [2.45, 2.75) is 6.61 Å². The molecule has 0 aliphatic heterocycles. The van der Waals surface area contributed by atoms with Crippen molar-refractivity contribution in [3.63, 3.8) is 0 Å². The summed E-state index contributed by atoms with van der Waals surface area (Å²) in [6.07, 6.45) is 3.57. The Bertz CT molecular complexity index is 336. The Kier molecular flexibility index (Phi) is 1.60. The minimum atomic E-state index is 0.124. The number of nitrogens with zero attached hydrogens (tertiary/aromatic N) is 1. The first-order valence-electron chi connectivity index (χ1n) is 3.33. The van der Waals surface area contributed by atoms with Crippen LogP contribution in [0.3, 0.4) is 0 Å². The highest BCUT2D eigenvalue weighted by atomic mass is 32.1. The Morgan fingerprint density at radius 3 is 3.18 bits per heavy atom. The summed E-state index contributed by atoms with van der Waals surface area (Å²) in [5.74, 6) is 0. The Morgan fingerprint density at radius 2 is 2.45 bits per heavy atom. The van der Waals surface area contributed by atoms with Crippen LogP contribution in [-0.4, -0.2) is 10.1 Å². The van der Waals surface area contributed by atoms with Gasteiger partial charge in [0.05, 0.1) is 6.61 Å². The molecule has 0 saturated heterocycles. The van der Waals surface area contributed by atoms with E-state index in [1.165, 1.54) is 4.70 Å². The molecule has 2 aromatic heterocycles. The van der Waals surface area contributed by atoms with Crippen molar-refractivity contribution in [2.75, 3.05) is 0 Å². The molecular formula is C8H7NOS. The molecule has 2 rings (SSSR count). The van der Waals surface area contributed by atoms with E-state index in [9.17, 15) is 0 Å².